The molecule has 0 fully saturated rings. The summed E-state index contributed by atoms with van der Waals surface area (Å²) >= 11 is 1.48. The van der Waals surface area contributed by atoms with Crippen LogP contribution in [0.15, 0.2) is 60.0 Å². The van der Waals surface area contributed by atoms with Gasteiger partial charge in [-0.1, -0.05) is 24.3 Å². The first-order valence-electron chi connectivity index (χ1n) is 8.18. The number of carbonyl (C=O) groups excluding carboxylic acids is 1. The van der Waals surface area contributed by atoms with Crippen LogP contribution in [0.2, 0.25) is 0 Å². The van der Waals surface area contributed by atoms with Crippen molar-refractivity contribution >= 4 is 33.8 Å². The van der Waals surface area contributed by atoms with Crippen molar-refractivity contribution in [3.05, 3.63) is 83.0 Å². The van der Waals surface area contributed by atoms with Crippen LogP contribution in [0.4, 0.5) is 18.9 Å². The second kappa shape index (κ2) is 7.32. The van der Waals surface area contributed by atoms with Gasteiger partial charge in [-0.15, -0.1) is 11.3 Å². The Kier molecular flexibility index (Phi) is 4.70. The van der Waals surface area contributed by atoms with E-state index >= 15 is 0 Å². The average Bonchev–Trinajstić information content (AvgIpc) is 3.25. The van der Waals surface area contributed by atoms with Crippen molar-refractivity contribution < 1.29 is 18.0 Å². The van der Waals surface area contributed by atoms with E-state index in [1.807, 2.05) is 23.6 Å². The fourth-order valence-corrected chi connectivity index (χ4v) is 3.41. The van der Waals surface area contributed by atoms with Crippen LogP contribution < -0.4 is 10.9 Å². The Morgan fingerprint density at radius 1 is 0.964 bits per heavy atom. The van der Waals surface area contributed by atoms with Crippen LogP contribution in [0, 0.1) is 17.5 Å². The number of fused-ring (bicyclic) bond motifs is 1. The summed E-state index contributed by atoms with van der Waals surface area (Å²) in [5, 5.41) is 2.51. The molecule has 140 valence electrons. The Labute approximate surface area is 161 Å². The molecule has 0 spiro atoms. The number of thiophene rings is 1. The summed E-state index contributed by atoms with van der Waals surface area (Å²) in [5.74, 6) is -4.91. The van der Waals surface area contributed by atoms with Gasteiger partial charge in [0.2, 0.25) is 0 Å². The van der Waals surface area contributed by atoms with E-state index < -0.39 is 23.4 Å². The van der Waals surface area contributed by atoms with Crippen molar-refractivity contribution in [1.82, 2.24) is 10.4 Å². The monoisotopic (exact) mass is 399 g/mol. The van der Waals surface area contributed by atoms with Crippen LogP contribution in [0.25, 0.3) is 21.5 Å². The number of anilines is 1. The largest absolute Gasteiger partial charge is 0.295 e. The van der Waals surface area contributed by atoms with E-state index in [1.54, 1.807) is 24.3 Å². The number of hydrogen-bond acceptors (Lipinski definition) is 4. The Hall–Kier alpha value is -3.39. The number of nitrogens with zero attached hydrogens (tertiary/aromatic N) is 1. The summed E-state index contributed by atoms with van der Waals surface area (Å²) in [7, 11) is 0. The molecule has 28 heavy (non-hydrogen) atoms. The number of rotatable bonds is 4. The van der Waals surface area contributed by atoms with Gasteiger partial charge in [-0.3, -0.25) is 15.6 Å². The maximum atomic E-state index is 13.8. The van der Waals surface area contributed by atoms with Gasteiger partial charge in [0.15, 0.2) is 17.5 Å². The van der Waals surface area contributed by atoms with E-state index in [0.29, 0.717) is 22.2 Å². The molecular formula is C20H12F3N3OS. The van der Waals surface area contributed by atoms with Gasteiger partial charge >= 0.3 is 0 Å². The summed E-state index contributed by atoms with van der Waals surface area (Å²) in [6, 6.07) is 14.3. The van der Waals surface area contributed by atoms with Crippen LogP contribution in [0.1, 0.15) is 10.4 Å². The Bertz CT molecular complexity index is 1180. The van der Waals surface area contributed by atoms with E-state index in [0.717, 1.165) is 17.0 Å². The number of halogens is 3. The van der Waals surface area contributed by atoms with Crippen LogP contribution in [-0.2, 0) is 0 Å². The van der Waals surface area contributed by atoms with Gasteiger partial charge in [0.1, 0.15) is 0 Å². The molecule has 0 radical (unpaired) electrons. The predicted molar refractivity (Wildman–Crippen MR) is 102 cm³/mol. The Balaban J connectivity index is 1.68. The Morgan fingerprint density at radius 2 is 1.79 bits per heavy atom. The Morgan fingerprint density at radius 3 is 2.57 bits per heavy atom. The minimum atomic E-state index is -1.62. The summed E-state index contributed by atoms with van der Waals surface area (Å²) in [6.45, 7) is 0. The van der Waals surface area contributed by atoms with Crippen molar-refractivity contribution in [2.75, 3.05) is 5.43 Å². The minimum absolute atomic E-state index is 0.310. The number of hydrogen-bond donors (Lipinski definition) is 2. The number of hydrazine groups is 1. The smallest absolute Gasteiger partial charge is 0.270 e. The quantitative estimate of drug-likeness (QED) is 0.369. The molecule has 0 aliphatic rings. The van der Waals surface area contributed by atoms with Crippen LogP contribution >= 0.6 is 11.3 Å². The molecule has 0 unspecified atom stereocenters. The SMILES string of the molecule is O=C(NNc1ccc(F)c(F)c1F)c1cc(-c2cccs2)nc2ccccc12. The summed E-state index contributed by atoms with van der Waals surface area (Å²) in [4.78, 5) is 18.2. The van der Waals surface area contributed by atoms with E-state index in [4.69, 9.17) is 0 Å². The third-order valence-corrected chi connectivity index (χ3v) is 4.97. The highest BCUT2D eigenvalue weighted by atomic mass is 32.1. The first-order valence-corrected chi connectivity index (χ1v) is 9.06. The zero-order chi connectivity index (χ0) is 19.7. The molecule has 0 saturated heterocycles. The van der Waals surface area contributed by atoms with Crippen LogP contribution in [0.3, 0.4) is 0 Å². The third kappa shape index (κ3) is 3.29. The fourth-order valence-electron chi connectivity index (χ4n) is 2.73. The van der Waals surface area contributed by atoms with Crippen molar-refractivity contribution in [2.24, 2.45) is 0 Å². The van der Waals surface area contributed by atoms with Gasteiger partial charge in [0, 0.05) is 5.39 Å². The second-order valence-electron chi connectivity index (χ2n) is 5.85. The lowest BCUT2D eigenvalue weighted by Gasteiger charge is -2.12. The number of aromatic nitrogens is 1. The van der Waals surface area contributed by atoms with Crippen molar-refractivity contribution in [3.8, 4) is 10.6 Å². The molecule has 0 saturated carbocycles. The molecule has 0 aliphatic carbocycles. The average molecular weight is 399 g/mol. The molecule has 4 aromatic rings. The van der Waals surface area contributed by atoms with E-state index in [9.17, 15) is 18.0 Å². The van der Waals surface area contributed by atoms with Gasteiger partial charge in [-0.05, 0) is 35.7 Å². The predicted octanol–water partition coefficient (Wildman–Crippen LogP) is 5.14. The molecule has 1 amide bonds. The highest BCUT2D eigenvalue weighted by Gasteiger charge is 2.17. The number of nitrogens with one attached hydrogen (secondary N) is 2. The molecule has 8 heteroatoms. The molecule has 4 rings (SSSR count). The molecule has 0 bridgehead atoms. The topological polar surface area (TPSA) is 54.0 Å². The molecule has 2 heterocycles. The molecule has 4 nitrogen and oxygen atoms in total. The maximum Gasteiger partial charge on any atom is 0.270 e. The summed E-state index contributed by atoms with van der Waals surface area (Å²) in [5.41, 5.74) is 5.79. The maximum absolute atomic E-state index is 13.8. The highest BCUT2D eigenvalue weighted by molar-refractivity contribution is 7.13. The molecule has 2 aromatic heterocycles. The van der Waals surface area contributed by atoms with Crippen molar-refractivity contribution in [3.63, 3.8) is 0 Å². The normalized spacial score (nSPS) is 10.8. The zero-order valence-electron chi connectivity index (χ0n) is 14.2. The van der Waals surface area contributed by atoms with Gasteiger partial charge < -0.3 is 0 Å². The first kappa shape index (κ1) is 18.0. The van der Waals surface area contributed by atoms with E-state index in [1.165, 1.54) is 11.3 Å². The summed E-state index contributed by atoms with van der Waals surface area (Å²) in [6.07, 6.45) is 0. The van der Waals surface area contributed by atoms with Gasteiger partial charge in [0.25, 0.3) is 5.91 Å². The molecule has 2 N–H and O–H groups in total. The van der Waals surface area contributed by atoms with Crippen molar-refractivity contribution in [1.29, 1.82) is 0 Å². The first-order chi connectivity index (χ1) is 13.5. The number of benzene rings is 2. The number of amides is 1. The van der Waals surface area contributed by atoms with Gasteiger partial charge in [-0.25, -0.2) is 18.2 Å². The minimum Gasteiger partial charge on any atom is -0.295 e. The molecule has 2 aromatic carbocycles. The van der Waals surface area contributed by atoms with E-state index in [2.05, 4.69) is 15.8 Å². The molecular weight excluding hydrogens is 387 g/mol. The number of pyridine rings is 1. The molecule has 0 atom stereocenters. The lowest BCUT2D eigenvalue weighted by molar-refractivity contribution is 0.0964. The second-order valence-corrected chi connectivity index (χ2v) is 6.80. The zero-order valence-corrected chi connectivity index (χ0v) is 15.0. The third-order valence-electron chi connectivity index (χ3n) is 4.08. The fraction of sp³-hybridized carbons (Fsp3) is 0. The van der Waals surface area contributed by atoms with Crippen molar-refractivity contribution in [2.45, 2.75) is 0 Å². The molecule has 0 aliphatic heterocycles. The number of carbonyl (C=O) groups is 1. The number of para-hydroxylation sites is 1. The van der Waals surface area contributed by atoms with E-state index in [-0.39, 0.29) is 5.69 Å². The lowest BCUT2D eigenvalue weighted by Crippen LogP contribution is -2.30. The summed E-state index contributed by atoms with van der Waals surface area (Å²) < 4.78 is 40.2. The van der Waals surface area contributed by atoms with Crippen LogP contribution in [0.5, 0.6) is 0 Å². The standard InChI is InChI=1S/C20H12F3N3OS/c21-13-7-8-15(19(23)18(13)22)25-26-20(27)12-10-16(17-6-3-9-28-17)24-14-5-2-1-4-11(12)14/h1-10,25H,(H,26,27). The lowest BCUT2D eigenvalue weighted by atomic mass is 10.1. The van der Waals surface area contributed by atoms with Gasteiger partial charge in [0.05, 0.1) is 27.3 Å². The van der Waals surface area contributed by atoms with Gasteiger partial charge in [-0.2, -0.15) is 0 Å². The highest BCUT2D eigenvalue weighted by Crippen LogP contribution is 2.28. The van der Waals surface area contributed by atoms with Crippen LogP contribution in [-0.4, -0.2) is 10.9 Å².